The average Bonchev–Trinajstić information content (AvgIpc) is 2.93. The molecule has 0 aromatic carbocycles. The summed E-state index contributed by atoms with van der Waals surface area (Å²) in [7, 11) is 2.22. The minimum atomic E-state index is 0.175. The van der Waals surface area contributed by atoms with Crippen LogP contribution in [0.1, 0.15) is 70.3 Å². The molecule has 1 aromatic rings. The minimum Gasteiger partial charge on any atom is -0.332 e. The summed E-state index contributed by atoms with van der Waals surface area (Å²) in [4.78, 5) is 26.5. The van der Waals surface area contributed by atoms with Crippen molar-refractivity contribution in [2.75, 3.05) is 25.0 Å². The average molecular weight is 371 g/mol. The van der Waals surface area contributed by atoms with Crippen LogP contribution in [-0.4, -0.2) is 52.9 Å². The number of aromatic nitrogens is 2. The molecule has 2 saturated heterocycles. The van der Waals surface area contributed by atoms with Gasteiger partial charge in [0.2, 0.25) is 5.95 Å². The number of nitrogens with zero attached hydrogens (tertiary/aromatic N) is 4. The molecule has 0 radical (unpaired) electrons. The molecule has 5 nitrogen and oxygen atoms in total. The summed E-state index contributed by atoms with van der Waals surface area (Å²) >= 11 is 0. The Kier molecular flexibility index (Phi) is 5.49. The van der Waals surface area contributed by atoms with Crippen molar-refractivity contribution in [1.82, 2.24) is 14.9 Å². The first kappa shape index (κ1) is 18.9. The van der Waals surface area contributed by atoms with Crippen LogP contribution in [0.3, 0.4) is 0 Å². The molecule has 27 heavy (non-hydrogen) atoms. The molecule has 1 saturated carbocycles. The number of carbonyl (C=O) groups is 1. The highest BCUT2D eigenvalue weighted by Crippen LogP contribution is 2.38. The second-order valence-electron chi connectivity index (χ2n) is 9.37. The number of carbonyl (C=O) groups excluding carboxylic acids is 1. The number of Topliss-reactive ketones (excluding diaryl/α,β-unsaturated/α-hetero) is 1. The van der Waals surface area contributed by atoms with Gasteiger partial charge in [0.05, 0.1) is 0 Å². The third kappa shape index (κ3) is 4.03. The summed E-state index contributed by atoms with van der Waals surface area (Å²) in [6.45, 7) is 6.28. The lowest BCUT2D eigenvalue weighted by molar-refractivity contribution is -0.123. The Labute approximate surface area is 163 Å². The van der Waals surface area contributed by atoms with Gasteiger partial charge in [-0.2, -0.15) is 0 Å². The Morgan fingerprint density at radius 2 is 1.63 bits per heavy atom. The Morgan fingerprint density at radius 3 is 2.19 bits per heavy atom. The largest absolute Gasteiger partial charge is 0.332 e. The SMILES string of the molecule is CC(C)C(=O)CC1CCC(c2cnc(N3C4CCC3CN(C)C4)nc2)CC1. The lowest BCUT2D eigenvalue weighted by atomic mass is 9.77. The van der Waals surface area contributed by atoms with Gasteiger partial charge in [0.25, 0.3) is 0 Å². The first-order valence-electron chi connectivity index (χ1n) is 10.8. The van der Waals surface area contributed by atoms with E-state index in [0.29, 0.717) is 29.7 Å². The summed E-state index contributed by atoms with van der Waals surface area (Å²) < 4.78 is 0. The molecular formula is C22H34N4O. The number of likely N-dealkylation sites (N-methyl/N-ethyl adjacent to an activating group) is 1. The van der Waals surface area contributed by atoms with Crippen LogP contribution in [0.25, 0.3) is 0 Å². The van der Waals surface area contributed by atoms with E-state index in [2.05, 4.69) is 29.2 Å². The van der Waals surface area contributed by atoms with Gasteiger partial charge in [-0.15, -0.1) is 0 Å². The normalized spacial score (nSPS) is 31.5. The van der Waals surface area contributed by atoms with Crippen molar-refractivity contribution < 1.29 is 4.79 Å². The molecule has 0 amide bonds. The topological polar surface area (TPSA) is 49.3 Å². The monoisotopic (exact) mass is 370 g/mol. The Bertz CT molecular complexity index is 637. The summed E-state index contributed by atoms with van der Waals surface area (Å²) in [6, 6.07) is 1.15. The summed E-state index contributed by atoms with van der Waals surface area (Å²) in [6.07, 6.45) is 12.1. The molecule has 0 spiro atoms. The third-order valence-corrected chi connectivity index (χ3v) is 7.01. The molecule has 0 N–H and O–H groups in total. The zero-order chi connectivity index (χ0) is 19.0. The molecular weight excluding hydrogens is 336 g/mol. The number of hydrogen-bond acceptors (Lipinski definition) is 5. The molecule has 3 fully saturated rings. The quantitative estimate of drug-likeness (QED) is 0.792. The van der Waals surface area contributed by atoms with Gasteiger partial charge in [-0.1, -0.05) is 13.8 Å². The first-order valence-corrected chi connectivity index (χ1v) is 10.8. The first-order chi connectivity index (χ1) is 13.0. The number of rotatable bonds is 5. The Hall–Kier alpha value is -1.49. The lowest BCUT2D eigenvalue weighted by Crippen LogP contribution is -2.53. The highest BCUT2D eigenvalue weighted by Gasteiger charge is 2.40. The number of piperazine rings is 1. The van der Waals surface area contributed by atoms with Gasteiger partial charge < -0.3 is 9.80 Å². The van der Waals surface area contributed by atoms with Gasteiger partial charge in [-0.05, 0) is 63.0 Å². The van der Waals surface area contributed by atoms with Gasteiger partial charge in [-0.25, -0.2) is 9.97 Å². The second kappa shape index (κ2) is 7.86. The highest BCUT2D eigenvalue weighted by atomic mass is 16.1. The number of hydrogen-bond donors (Lipinski definition) is 0. The Balaban J connectivity index is 1.35. The molecule has 2 aliphatic heterocycles. The van der Waals surface area contributed by atoms with Crippen LogP contribution in [0.4, 0.5) is 5.95 Å². The fourth-order valence-corrected chi connectivity index (χ4v) is 5.34. The van der Waals surface area contributed by atoms with Gasteiger partial charge in [0, 0.05) is 49.9 Å². The van der Waals surface area contributed by atoms with Crippen molar-refractivity contribution in [3.05, 3.63) is 18.0 Å². The van der Waals surface area contributed by atoms with E-state index in [1.165, 1.54) is 31.2 Å². The molecule has 2 atom stereocenters. The zero-order valence-corrected chi connectivity index (χ0v) is 17.1. The predicted molar refractivity (Wildman–Crippen MR) is 108 cm³/mol. The van der Waals surface area contributed by atoms with Gasteiger partial charge in [-0.3, -0.25) is 4.79 Å². The number of ketones is 1. The third-order valence-electron chi connectivity index (χ3n) is 7.01. The smallest absolute Gasteiger partial charge is 0.225 e. The van der Waals surface area contributed by atoms with E-state index in [-0.39, 0.29) is 5.92 Å². The minimum absolute atomic E-state index is 0.175. The molecule has 1 aromatic heterocycles. The molecule has 5 heteroatoms. The van der Waals surface area contributed by atoms with E-state index < -0.39 is 0 Å². The fraction of sp³-hybridized carbons (Fsp3) is 0.773. The number of likely N-dealkylation sites (tertiary alicyclic amines) is 1. The van der Waals surface area contributed by atoms with E-state index >= 15 is 0 Å². The standard InChI is InChI=1S/C22H34N4O/c1-15(2)21(27)10-16-4-6-17(7-5-16)18-11-23-22(24-12-18)26-19-8-9-20(26)14-25(3)13-19/h11-12,15-17,19-20H,4-10,13-14H2,1-3H3. The van der Waals surface area contributed by atoms with Crippen molar-refractivity contribution in [2.24, 2.45) is 11.8 Å². The van der Waals surface area contributed by atoms with Crippen LogP contribution < -0.4 is 4.90 Å². The van der Waals surface area contributed by atoms with Gasteiger partial charge >= 0.3 is 0 Å². The maximum Gasteiger partial charge on any atom is 0.225 e. The van der Waals surface area contributed by atoms with Gasteiger partial charge in [0.15, 0.2) is 0 Å². The molecule has 4 rings (SSSR count). The van der Waals surface area contributed by atoms with E-state index in [0.717, 1.165) is 38.3 Å². The summed E-state index contributed by atoms with van der Waals surface area (Å²) in [5.41, 5.74) is 1.29. The van der Waals surface area contributed by atoms with Crippen molar-refractivity contribution in [1.29, 1.82) is 0 Å². The van der Waals surface area contributed by atoms with Crippen molar-refractivity contribution in [3.63, 3.8) is 0 Å². The van der Waals surface area contributed by atoms with Crippen LogP contribution in [-0.2, 0) is 4.79 Å². The highest BCUT2D eigenvalue weighted by molar-refractivity contribution is 5.80. The lowest BCUT2D eigenvalue weighted by Gasteiger charge is -2.39. The van der Waals surface area contributed by atoms with Crippen LogP contribution in [0.5, 0.6) is 0 Å². The van der Waals surface area contributed by atoms with Crippen molar-refractivity contribution >= 4 is 11.7 Å². The number of anilines is 1. The molecule has 148 valence electrons. The molecule has 2 unspecified atom stereocenters. The van der Waals surface area contributed by atoms with Crippen molar-refractivity contribution in [2.45, 2.75) is 76.8 Å². The summed E-state index contributed by atoms with van der Waals surface area (Å²) in [5.74, 6) is 2.67. The zero-order valence-electron chi connectivity index (χ0n) is 17.1. The predicted octanol–water partition coefficient (Wildman–Crippen LogP) is 3.65. The van der Waals surface area contributed by atoms with Crippen LogP contribution in [0, 0.1) is 11.8 Å². The molecule has 2 bridgehead atoms. The van der Waals surface area contributed by atoms with Crippen LogP contribution in [0.2, 0.25) is 0 Å². The van der Waals surface area contributed by atoms with E-state index in [1.807, 2.05) is 13.8 Å². The molecule has 3 aliphatic rings. The number of fused-ring (bicyclic) bond motifs is 2. The van der Waals surface area contributed by atoms with E-state index in [1.54, 1.807) is 0 Å². The maximum absolute atomic E-state index is 12.0. The van der Waals surface area contributed by atoms with E-state index in [9.17, 15) is 4.79 Å². The van der Waals surface area contributed by atoms with Crippen LogP contribution >= 0.6 is 0 Å². The summed E-state index contributed by atoms with van der Waals surface area (Å²) in [5, 5.41) is 0. The second-order valence-corrected chi connectivity index (χ2v) is 9.37. The van der Waals surface area contributed by atoms with Crippen LogP contribution in [0.15, 0.2) is 12.4 Å². The van der Waals surface area contributed by atoms with Crippen molar-refractivity contribution in [3.8, 4) is 0 Å². The maximum atomic E-state index is 12.0. The Morgan fingerprint density at radius 1 is 1.04 bits per heavy atom. The fourth-order valence-electron chi connectivity index (χ4n) is 5.34. The molecule has 1 aliphatic carbocycles. The van der Waals surface area contributed by atoms with Gasteiger partial charge in [0.1, 0.15) is 5.78 Å². The molecule has 3 heterocycles. The van der Waals surface area contributed by atoms with E-state index in [4.69, 9.17) is 9.97 Å².